The van der Waals surface area contributed by atoms with Gasteiger partial charge in [-0.05, 0) is 39.0 Å². The van der Waals surface area contributed by atoms with E-state index in [0.717, 1.165) is 40.2 Å². The highest BCUT2D eigenvalue weighted by Crippen LogP contribution is 2.40. The predicted octanol–water partition coefficient (Wildman–Crippen LogP) is 2.59. The number of hydrogen-bond donors (Lipinski definition) is 2. The van der Waals surface area contributed by atoms with Crippen molar-refractivity contribution in [2.45, 2.75) is 39.0 Å². The van der Waals surface area contributed by atoms with Crippen molar-refractivity contribution in [3.8, 4) is 11.4 Å². The fraction of sp³-hybridized carbons (Fsp3) is 0.450. The van der Waals surface area contributed by atoms with Crippen LogP contribution in [0.3, 0.4) is 0 Å². The van der Waals surface area contributed by atoms with E-state index < -0.39 is 5.60 Å². The van der Waals surface area contributed by atoms with E-state index in [1.54, 1.807) is 0 Å². The van der Waals surface area contributed by atoms with Crippen LogP contribution in [0.25, 0.3) is 22.4 Å². The maximum atomic E-state index is 6.05. The minimum Gasteiger partial charge on any atom is -0.377 e. The van der Waals surface area contributed by atoms with E-state index in [1.807, 2.05) is 18.2 Å². The third-order valence-electron chi connectivity index (χ3n) is 5.53. The van der Waals surface area contributed by atoms with Crippen molar-refractivity contribution in [2.75, 3.05) is 30.4 Å². The Balaban J connectivity index is 1.68. The van der Waals surface area contributed by atoms with Gasteiger partial charge in [0, 0.05) is 17.7 Å². The number of anilines is 2. The maximum Gasteiger partial charge on any atom is 0.198 e. The molecule has 146 valence electrons. The standard InChI is InChI=1S/C20H24N6O2/c1-11-9-27-7-6-26(11)18-13-10-28-20(2,3)16(13)24-17(25-18)12-4-5-14-15(8-12)23-19(21)22-14/h4-5,8,11H,6-7,9-10H2,1-3H3,(H3,21,22,23)/t11-/m0/s1. The highest BCUT2D eigenvalue weighted by molar-refractivity contribution is 5.82. The Morgan fingerprint density at radius 3 is 2.93 bits per heavy atom. The molecule has 0 bridgehead atoms. The van der Waals surface area contributed by atoms with Gasteiger partial charge >= 0.3 is 0 Å². The summed E-state index contributed by atoms with van der Waals surface area (Å²) in [5.74, 6) is 2.03. The predicted molar refractivity (Wildman–Crippen MR) is 107 cm³/mol. The van der Waals surface area contributed by atoms with Crippen LogP contribution in [0.2, 0.25) is 0 Å². The average Bonchev–Trinajstić information content (AvgIpc) is 3.19. The molecular weight excluding hydrogens is 356 g/mol. The van der Waals surface area contributed by atoms with Gasteiger partial charge in [0.05, 0.1) is 42.6 Å². The fourth-order valence-electron chi connectivity index (χ4n) is 4.00. The van der Waals surface area contributed by atoms with Crippen LogP contribution >= 0.6 is 0 Å². The summed E-state index contributed by atoms with van der Waals surface area (Å²) in [5.41, 5.74) is 10.00. The maximum absolute atomic E-state index is 6.05. The second-order valence-corrected chi connectivity index (χ2v) is 7.97. The van der Waals surface area contributed by atoms with Crippen LogP contribution in [-0.2, 0) is 21.7 Å². The molecule has 8 nitrogen and oxygen atoms in total. The quantitative estimate of drug-likeness (QED) is 0.704. The molecule has 0 spiro atoms. The summed E-state index contributed by atoms with van der Waals surface area (Å²) >= 11 is 0. The van der Waals surface area contributed by atoms with Crippen LogP contribution in [0.15, 0.2) is 18.2 Å². The zero-order valence-electron chi connectivity index (χ0n) is 16.3. The summed E-state index contributed by atoms with van der Waals surface area (Å²) in [6, 6.07) is 6.17. The van der Waals surface area contributed by atoms with Gasteiger partial charge < -0.3 is 25.1 Å². The number of aromatic nitrogens is 4. The number of nitrogen functional groups attached to an aromatic ring is 1. The number of imidazole rings is 1. The van der Waals surface area contributed by atoms with E-state index in [4.69, 9.17) is 25.2 Å². The van der Waals surface area contributed by atoms with Gasteiger partial charge in [0.15, 0.2) is 11.8 Å². The summed E-state index contributed by atoms with van der Waals surface area (Å²) in [7, 11) is 0. The first-order chi connectivity index (χ1) is 13.4. The van der Waals surface area contributed by atoms with E-state index >= 15 is 0 Å². The van der Waals surface area contributed by atoms with E-state index in [9.17, 15) is 0 Å². The zero-order valence-corrected chi connectivity index (χ0v) is 16.3. The molecule has 28 heavy (non-hydrogen) atoms. The lowest BCUT2D eigenvalue weighted by Crippen LogP contribution is -2.44. The van der Waals surface area contributed by atoms with Gasteiger partial charge in [0.25, 0.3) is 0 Å². The number of ether oxygens (including phenoxy) is 2. The lowest BCUT2D eigenvalue weighted by Gasteiger charge is -2.35. The van der Waals surface area contributed by atoms with E-state index in [0.29, 0.717) is 31.6 Å². The average molecular weight is 380 g/mol. The fourth-order valence-corrected chi connectivity index (χ4v) is 4.00. The van der Waals surface area contributed by atoms with E-state index in [1.165, 1.54) is 0 Å². The Bertz CT molecular complexity index is 1060. The largest absolute Gasteiger partial charge is 0.377 e. The van der Waals surface area contributed by atoms with Crippen molar-refractivity contribution in [1.82, 2.24) is 19.9 Å². The van der Waals surface area contributed by atoms with Crippen molar-refractivity contribution < 1.29 is 9.47 Å². The number of fused-ring (bicyclic) bond motifs is 2. The summed E-state index contributed by atoms with van der Waals surface area (Å²) < 4.78 is 11.7. The molecule has 0 aliphatic carbocycles. The molecule has 4 heterocycles. The van der Waals surface area contributed by atoms with Crippen LogP contribution in [0, 0.1) is 0 Å². The number of aromatic amines is 1. The molecule has 3 aromatic rings. The van der Waals surface area contributed by atoms with Crippen molar-refractivity contribution in [3.05, 3.63) is 29.5 Å². The first-order valence-electron chi connectivity index (χ1n) is 9.58. The summed E-state index contributed by atoms with van der Waals surface area (Å²) in [6.45, 7) is 8.99. The Morgan fingerprint density at radius 2 is 2.11 bits per heavy atom. The highest BCUT2D eigenvalue weighted by Gasteiger charge is 2.38. The van der Waals surface area contributed by atoms with E-state index in [-0.39, 0.29) is 6.04 Å². The number of rotatable bonds is 2. The molecule has 0 saturated carbocycles. The van der Waals surface area contributed by atoms with Gasteiger partial charge in [-0.2, -0.15) is 0 Å². The minimum absolute atomic E-state index is 0.249. The third kappa shape index (κ3) is 2.71. The Kier molecular flexibility index (Phi) is 3.82. The van der Waals surface area contributed by atoms with Gasteiger partial charge in [0.1, 0.15) is 11.4 Å². The molecule has 2 aromatic heterocycles. The normalized spacial score (nSPS) is 21.2. The second kappa shape index (κ2) is 6.15. The van der Waals surface area contributed by atoms with Crippen LogP contribution in [0.4, 0.5) is 11.8 Å². The van der Waals surface area contributed by atoms with Crippen molar-refractivity contribution in [3.63, 3.8) is 0 Å². The van der Waals surface area contributed by atoms with Gasteiger partial charge in [-0.15, -0.1) is 0 Å². The molecule has 1 aromatic carbocycles. The Morgan fingerprint density at radius 1 is 1.25 bits per heavy atom. The smallest absolute Gasteiger partial charge is 0.198 e. The van der Waals surface area contributed by atoms with Crippen LogP contribution < -0.4 is 10.6 Å². The molecule has 0 unspecified atom stereocenters. The topological polar surface area (TPSA) is 102 Å². The van der Waals surface area contributed by atoms with Crippen molar-refractivity contribution in [2.24, 2.45) is 0 Å². The molecule has 0 amide bonds. The molecule has 5 rings (SSSR count). The molecule has 0 radical (unpaired) electrons. The summed E-state index contributed by atoms with van der Waals surface area (Å²) in [6.07, 6.45) is 0. The zero-order chi connectivity index (χ0) is 19.5. The third-order valence-corrected chi connectivity index (χ3v) is 5.53. The lowest BCUT2D eigenvalue weighted by molar-refractivity contribution is -0.0100. The number of nitrogens with zero attached hydrogens (tertiary/aromatic N) is 4. The Hall–Kier alpha value is -2.71. The SMILES string of the molecule is C[C@H]1COCCN1c1nc(-c2ccc3nc(N)[nH]c3c2)nc2c1COC2(C)C. The molecule has 1 fully saturated rings. The second-order valence-electron chi connectivity index (χ2n) is 7.97. The first-order valence-corrected chi connectivity index (χ1v) is 9.58. The number of H-pyrrole nitrogens is 1. The Labute approximate surface area is 163 Å². The monoisotopic (exact) mass is 380 g/mol. The first kappa shape index (κ1) is 17.4. The number of morpholine rings is 1. The molecular formula is C20H24N6O2. The summed E-state index contributed by atoms with van der Waals surface area (Å²) in [5, 5.41) is 0. The van der Waals surface area contributed by atoms with Crippen LogP contribution in [-0.4, -0.2) is 45.7 Å². The van der Waals surface area contributed by atoms with Crippen molar-refractivity contribution >= 4 is 22.8 Å². The van der Waals surface area contributed by atoms with E-state index in [2.05, 4.69) is 35.6 Å². The van der Waals surface area contributed by atoms with Gasteiger partial charge in [0.2, 0.25) is 0 Å². The van der Waals surface area contributed by atoms with Gasteiger partial charge in [-0.1, -0.05) is 0 Å². The molecule has 1 saturated heterocycles. The van der Waals surface area contributed by atoms with Gasteiger partial charge in [-0.3, -0.25) is 0 Å². The van der Waals surface area contributed by atoms with Gasteiger partial charge in [-0.25, -0.2) is 15.0 Å². The number of benzene rings is 1. The number of nitrogens with two attached hydrogens (primary N) is 1. The lowest BCUT2D eigenvalue weighted by atomic mass is 10.0. The van der Waals surface area contributed by atoms with Crippen LogP contribution in [0.1, 0.15) is 32.0 Å². The number of nitrogens with one attached hydrogen (secondary N) is 1. The van der Waals surface area contributed by atoms with Crippen molar-refractivity contribution in [1.29, 1.82) is 0 Å². The molecule has 8 heteroatoms. The molecule has 1 atom stereocenters. The molecule has 3 N–H and O–H groups in total. The minimum atomic E-state index is -0.445. The van der Waals surface area contributed by atoms with Crippen LogP contribution in [0.5, 0.6) is 0 Å². The molecule has 2 aliphatic heterocycles. The summed E-state index contributed by atoms with van der Waals surface area (Å²) in [4.78, 5) is 19.6. The highest BCUT2D eigenvalue weighted by atomic mass is 16.5. The number of hydrogen-bond acceptors (Lipinski definition) is 7. The molecule has 2 aliphatic rings.